The molecule has 1 saturated heterocycles. The minimum absolute atomic E-state index is 0.0270. The van der Waals surface area contributed by atoms with Crippen LogP contribution < -0.4 is 5.32 Å². The highest BCUT2D eigenvalue weighted by Gasteiger charge is 2.52. The summed E-state index contributed by atoms with van der Waals surface area (Å²) in [6, 6.07) is 8.83. The van der Waals surface area contributed by atoms with Crippen LogP contribution in [0.3, 0.4) is 0 Å². The van der Waals surface area contributed by atoms with Gasteiger partial charge in [0.2, 0.25) is 0 Å². The van der Waals surface area contributed by atoms with E-state index in [0.717, 1.165) is 10.5 Å². The average molecular weight is 304 g/mol. The summed E-state index contributed by atoms with van der Waals surface area (Å²) in [6.07, 6.45) is 1.45. The number of hydrogen-bond donors (Lipinski definition) is 2. The first kappa shape index (κ1) is 16.5. The van der Waals surface area contributed by atoms with Crippen molar-refractivity contribution in [1.82, 2.24) is 10.2 Å². The molecule has 2 rings (SSSR count). The topological polar surface area (TPSA) is 69.6 Å². The van der Waals surface area contributed by atoms with Crippen LogP contribution in [0.4, 0.5) is 4.79 Å². The van der Waals surface area contributed by atoms with Gasteiger partial charge in [-0.15, -0.1) is 0 Å². The number of nitrogens with zero attached hydrogens (tertiary/aromatic N) is 1. The third kappa shape index (κ3) is 2.61. The molecule has 1 aromatic carbocycles. The summed E-state index contributed by atoms with van der Waals surface area (Å²) in [5.41, 5.74) is -1.29. The summed E-state index contributed by atoms with van der Waals surface area (Å²) in [4.78, 5) is 26.4. The maximum absolute atomic E-state index is 12.9. The van der Waals surface area contributed by atoms with E-state index in [2.05, 4.69) is 5.32 Å². The second-order valence-electron chi connectivity index (χ2n) is 5.88. The summed E-state index contributed by atoms with van der Waals surface area (Å²) < 4.78 is 0. The van der Waals surface area contributed by atoms with Gasteiger partial charge >= 0.3 is 6.03 Å². The van der Waals surface area contributed by atoms with Gasteiger partial charge in [0.05, 0.1) is 12.1 Å². The Morgan fingerprint density at radius 3 is 2.23 bits per heavy atom. The van der Waals surface area contributed by atoms with Crippen LogP contribution in [0.1, 0.15) is 45.6 Å². The number of urea groups is 1. The fraction of sp³-hybridized carbons (Fsp3) is 0.529. The van der Waals surface area contributed by atoms with Crippen molar-refractivity contribution in [2.75, 3.05) is 6.54 Å². The van der Waals surface area contributed by atoms with Gasteiger partial charge in [0.1, 0.15) is 5.54 Å². The van der Waals surface area contributed by atoms with Gasteiger partial charge in [-0.3, -0.25) is 9.69 Å². The van der Waals surface area contributed by atoms with Crippen molar-refractivity contribution in [1.29, 1.82) is 0 Å². The van der Waals surface area contributed by atoms with Gasteiger partial charge in [-0.25, -0.2) is 4.79 Å². The standard InChI is InChI=1S/C17H24N2O3/c1-4-16(22,5-2)12-19-14(20)17(6-3,18-15(19)21)13-10-8-7-9-11-13/h7-11,22H,4-6,12H2,1-3H3,(H,18,21). The monoisotopic (exact) mass is 304 g/mol. The molecule has 0 saturated carbocycles. The molecule has 5 heteroatoms. The number of imide groups is 1. The molecule has 1 aliphatic rings. The van der Waals surface area contributed by atoms with Crippen molar-refractivity contribution in [3.05, 3.63) is 35.9 Å². The van der Waals surface area contributed by atoms with Crippen LogP contribution in [0.5, 0.6) is 0 Å². The molecule has 5 nitrogen and oxygen atoms in total. The Morgan fingerprint density at radius 2 is 1.73 bits per heavy atom. The van der Waals surface area contributed by atoms with Gasteiger partial charge in [-0.2, -0.15) is 0 Å². The number of benzene rings is 1. The first-order chi connectivity index (χ1) is 10.4. The number of amides is 3. The highest BCUT2D eigenvalue weighted by Crippen LogP contribution is 2.33. The molecule has 1 heterocycles. The zero-order chi connectivity index (χ0) is 16.4. The highest BCUT2D eigenvalue weighted by molar-refractivity contribution is 6.07. The largest absolute Gasteiger partial charge is 0.388 e. The lowest BCUT2D eigenvalue weighted by atomic mass is 9.87. The lowest BCUT2D eigenvalue weighted by molar-refractivity contribution is -0.134. The van der Waals surface area contributed by atoms with Gasteiger partial charge in [-0.05, 0) is 24.8 Å². The van der Waals surface area contributed by atoms with E-state index in [1.54, 1.807) is 0 Å². The normalized spacial score (nSPS) is 22.1. The van der Waals surface area contributed by atoms with E-state index in [9.17, 15) is 14.7 Å². The summed E-state index contributed by atoms with van der Waals surface area (Å²) in [5.74, 6) is -0.286. The molecule has 2 N–H and O–H groups in total. The second kappa shape index (κ2) is 6.08. The maximum atomic E-state index is 12.9. The molecule has 0 aliphatic carbocycles. The van der Waals surface area contributed by atoms with Gasteiger partial charge < -0.3 is 10.4 Å². The van der Waals surface area contributed by atoms with E-state index in [0.29, 0.717) is 19.3 Å². The summed E-state index contributed by atoms with van der Waals surface area (Å²) in [5, 5.41) is 13.3. The summed E-state index contributed by atoms with van der Waals surface area (Å²) in [6.45, 7) is 5.61. The smallest absolute Gasteiger partial charge is 0.325 e. The molecule has 0 radical (unpaired) electrons. The fourth-order valence-corrected chi connectivity index (χ4v) is 2.90. The lowest BCUT2D eigenvalue weighted by Crippen LogP contribution is -2.47. The molecule has 1 fully saturated rings. The van der Waals surface area contributed by atoms with Gasteiger partial charge in [-0.1, -0.05) is 51.1 Å². The van der Waals surface area contributed by atoms with E-state index in [1.165, 1.54) is 0 Å². The number of hydrogen-bond acceptors (Lipinski definition) is 3. The Balaban J connectivity index is 2.35. The Labute approximate surface area is 131 Å². The fourth-order valence-electron chi connectivity index (χ4n) is 2.90. The maximum Gasteiger partial charge on any atom is 0.325 e. The van der Waals surface area contributed by atoms with E-state index >= 15 is 0 Å². The van der Waals surface area contributed by atoms with E-state index < -0.39 is 17.2 Å². The van der Waals surface area contributed by atoms with Crippen LogP contribution in [0.15, 0.2) is 30.3 Å². The highest BCUT2D eigenvalue weighted by atomic mass is 16.3. The van der Waals surface area contributed by atoms with Crippen molar-refractivity contribution in [3.8, 4) is 0 Å². The molecule has 0 aromatic heterocycles. The lowest BCUT2D eigenvalue weighted by Gasteiger charge is -2.30. The number of β-amino-alcohol motifs (C(OH)–C–C–N with tert-alkyl or cyclic N) is 1. The summed E-state index contributed by atoms with van der Waals surface area (Å²) in [7, 11) is 0. The molecule has 120 valence electrons. The van der Waals surface area contributed by atoms with Crippen LogP contribution in [-0.4, -0.2) is 34.1 Å². The van der Waals surface area contributed by atoms with Gasteiger partial charge in [0.25, 0.3) is 5.91 Å². The predicted octanol–water partition coefficient (Wildman–Crippen LogP) is 2.39. The van der Waals surface area contributed by atoms with Gasteiger partial charge in [0.15, 0.2) is 0 Å². The first-order valence-electron chi connectivity index (χ1n) is 7.84. The van der Waals surface area contributed by atoms with E-state index in [-0.39, 0.29) is 12.5 Å². The number of aliphatic hydroxyl groups is 1. The third-order valence-corrected chi connectivity index (χ3v) is 4.74. The Morgan fingerprint density at radius 1 is 1.14 bits per heavy atom. The number of carbonyl (C=O) groups excluding carboxylic acids is 2. The molecule has 22 heavy (non-hydrogen) atoms. The van der Waals surface area contributed by atoms with Crippen molar-refractivity contribution in [2.24, 2.45) is 0 Å². The van der Waals surface area contributed by atoms with E-state index in [1.807, 2.05) is 51.1 Å². The zero-order valence-electron chi connectivity index (χ0n) is 13.4. The van der Waals surface area contributed by atoms with Crippen molar-refractivity contribution >= 4 is 11.9 Å². The van der Waals surface area contributed by atoms with Crippen LogP contribution >= 0.6 is 0 Å². The minimum atomic E-state index is -1.03. The third-order valence-electron chi connectivity index (χ3n) is 4.74. The quantitative estimate of drug-likeness (QED) is 0.793. The second-order valence-corrected chi connectivity index (χ2v) is 5.88. The van der Waals surface area contributed by atoms with Crippen molar-refractivity contribution in [2.45, 2.75) is 51.2 Å². The number of carbonyl (C=O) groups is 2. The summed E-state index contributed by atoms with van der Waals surface area (Å²) >= 11 is 0. The molecule has 1 aliphatic heterocycles. The predicted molar refractivity (Wildman–Crippen MR) is 84.2 cm³/mol. The van der Waals surface area contributed by atoms with Crippen LogP contribution in [-0.2, 0) is 10.3 Å². The minimum Gasteiger partial charge on any atom is -0.388 e. The molecule has 3 amide bonds. The van der Waals surface area contributed by atoms with Crippen molar-refractivity contribution in [3.63, 3.8) is 0 Å². The number of rotatable bonds is 6. The molecular weight excluding hydrogens is 280 g/mol. The molecule has 0 bridgehead atoms. The molecule has 1 unspecified atom stereocenters. The number of nitrogens with one attached hydrogen (secondary N) is 1. The van der Waals surface area contributed by atoms with Crippen molar-refractivity contribution < 1.29 is 14.7 Å². The molecule has 1 aromatic rings. The molecular formula is C17H24N2O3. The van der Waals surface area contributed by atoms with Gasteiger partial charge in [0, 0.05) is 0 Å². The molecule has 0 spiro atoms. The first-order valence-corrected chi connectivity index (χ1v) is 7.84. The Kier molecular flexibility index (Phi) is 4.56. The molecule has 1 atom stereocenters. The Bertz CT molecular complexity index is 554. The Hall–Kier alpha value is -1.88. The average Bonchev–Trinajstić information content (AvgIpc) is 2.80. The zero-order valence-corrected chi connectivity index (χ0v) is 13.4. The van der Waals surface area contributed by atoms with Crippen LogP contribution in [0.2, 0.25) is 0 Å². The SMILES string of the molecule is CCC(O)(CC)CN1C(=O)NC(CC)(c2ccccc2)C1=O. The van der Waals surface area contributed by atoms with Crippen LogP contribution in [0, 0.1) is 0 Å². The van der Waals surface area contributed by atoms with Crippen LogP contribution in [0.25, 0.3) is 0 Å². The van der Waals surface area contributed by atoms with E-state index in [4.69, 9.17) is 0 Å².